The first-order valence-electron chi connectivity index (χ1n) is 7.89. The van der Waals surface area contributed by atoms with Crippen LogP contribution in [0.4, 0.5) is 0 Å². The minimum Gasteiger partial charge on any atom is -0.361 e. The Kier molecular flexibility index (Phi) is 4.55. The van der Waals surface area contributed by atoms with E-state index in [-0.39, 0.29) is 0 Å². The van der Waals surface area contributed by atoms with Crippen LogP contribution < -0.4 is 5.32 Å². The molecule has 0 saturated carbocycles. The van der Waals surface area contributed by atoms with Crippen LogP contribution >= 0.6 is 0 Å². The lowest BCUT2D eigenvalue weighted by molar-refractivity contribution is 0.271. The third kappa shape index (κ3) is 3.05. The van der Waals surface area contributed by atoms with Gasteiger partial charge in [-0.15, -0.1) is 0 Å². The van der Waals surface area contributed by atoms with Crippen LogP contribution in [0.1, 0.15) is 35.0 Å². The second-order valence-corrected chi connectivity index (χ2v) is 6.19. The van der Waals surface area contributed by atoms with E-state index in [4.69, 9.17) is 4.52 Å². The smallest absolute Gasteiger partial charge is 0.138 e. The Morgan fingerprint density at radius 3 is 2.95 bits per heavy atom. The second kappa shape index (κ2) is 6.58. The summed E-state index contributed by atoms with van der Waals surface area (Å²) in [5.41, 5.74) is 3.48. The van der Waals surface area contributed by atoms with E-state index in [0.717, 1.165) is 31.1 Å². The van der Waals surface area contributed by atoms with Gasteiger partial charge in [0, 0.05) is 37.1 Å². The molecule has 118 valence electrons. The Labute approximate surface area is 131 Å². The van der Waals surface area contributed by atoms with Crippen molar-refractivity contribution in [3.63, 3.8) is 0 Å². The zero-order valence-electron chi connectivity index (χ0n) is 13.5. The normalized spacial score (nSPS) is 22.3. The van der Waals surface area contributed by atoms with Crippen molar-refractivity contribution in [2.45, 2.75) is 32.9 Å². The summed E-state index contributed by atoms with van der Waals surface area (Å²) in [4.78, 5) is 6.70. The first-order chi connectivity index (χ1) is 10.7. The van der Waals surface area contributed by atoms with Crippen LogP contribution in [-0.4, -0.2) is 35.2 Å². The Bertz CT molecular complexity index is 591. The summed E-state index contributed by atoms with van der Waals surface area (Å²) in [5, 5.41) is 7.59. The van der Waals surface area contributed by atoms with Gasteiger partial charge in [-0.1, -0.05) is 11.2 Å². The van der Waals surface area contributed by atoms with Crippen molar-refractivity contribution in [2.24, 2.45) is 5.92 Å². The summed E-state index contributed by atoms with van der Waals surface area (Å²) in [5.74, 6) is 1.52. The SMILES string of the molecule is Cc1noc(C)c1CNC[C@@H]1CCN(C)[C@H]1c1cccnc1. The molecule has 0 spiro atoms. The van der Waals surface area contributed by atoms with E-state index in [1.165, 1.54) is 17.5 Å². The van der Waals surface area contributed by atoms with Gasteiger partial charge in [0.05, 0.1) is 5.69 Å². The van der Waals surface area contributed by atoms with Crippen molar-refractivity contribution in [1.82, 2.24) is 20.4 Å². The number of hydrogen-bond donors (Lipinski definition) is 1. The quantitative estimate of drug-likeness (QED) is 0.919. The minimum atomic E-state index is 0.450. The first-order valence-corrected chi connectivity index (χ1v) is 7.89. The van der Waals surface area contributed by atoms with Crippen LogP contribution in [0.5, 0.6) is 0 Å². The number of likely N-dealkylation sites (tertiary alicyclic amines) is 1. The van der Waals surface area contributed by atoms with Gasteiger partial charge in [0.25, 0.3) is 0 Å². The summed E-state index contributed by atoms with van der Waals surface area (Å²) in [7, 11) is 2.20. The van der Waals surface area contributed by atoms with E-state index in [0.29, 0.717) is 12.0 Å². The van der Waals surface area contributed by atoms with Gasteiger partial charge in [-0.3, -0.25) is 9.88 Å². The second-order valence-electron chi connectivity index (χ2n) is 6.19. The highest BCUT2D eigenvalue weighted by molar-refractivity contribution is 5.20. The number of aryl methyl sites for hydroxylation is 2. The maximum atomic E-state index is 5.22. The van der Waals surface area contributed by atoms with E-state index >= 15 is 0 Å². The monoisotopic (exact) mass is 300 g/mol. The van der Waals surface area contributed by atoms with E-state index in [1.807, 2.05) is 32.3 Å². The predicted octanol–water partition coefficient (Wildman–Crippen LogP) is 2.47. The molecule has 5 nitrogen and oxygen atoms in total. The fraction of sp³-hybridized carbons (Fsp3) is 0.529. The van der Waals surface area contributed by atoms with Crippen molar-refractivity contribution in [2.75, 3.05) is 20.1 Å². The zero-order chi connectivity index (χ0) is 15.5. The molecule has 3 heterocycles. The van der Waals surface area contributed by atoms with Crippen molar-refractivity contribution < 1.29 is 4.52 Å². The molecule has 22 heavy (non-hydrogen) atoms. The summed E-state index contributed by atoms with van der Waals surface area (Å²) in [6, 6.07) is 4.65. The number of pyridine rings is 1. The van der Waals surface area contributed by atoms with Gasteiger partial charge >= 0.3 is 0 Å². The summed E-state index contributed by atoms with van der Waals surface area (Å²) in [6.45, 7) is 6.92. The van der Waals surface area contributed by atoms with Crippen LogP contribution in [0.25, 0.3) is 0 Å². The van der Waals surface area contributed by atoms with E-state index in [1.54, 1.807) is 0 Å². The third-order valence-corrected chi connectivity index (χ3v) is 4.69. The summed E-state index contributed by atoms with van der Waals surface area (Å²) >= 11 is 0. The van der Waals surface area contributed by atoms with Crippen LogP contribution in [0, 0.1) is 19.8 Å². The number of aromatic nitrogens is 2. The first kappa shape index (κ1) is 15.2. The number of nitrogens with one attached hydrogen (secondary N) is 1. The fourth-order valence-corrected chi connectivity index (χ4v) is 3.45. The molecular weight excluding hydrogens is 276 g/mol. The van der Waals surface area contributed by atoms with Crippen LogP contribution in [0.3, 0.4) is 0 Å². The van der Waals surface area contributed by atoms with E-state index in [2.05, 4.69) is 33.5 Å². The Hall–Kier alpha value is -1.72. The molecular formula is C17H24N4O. The highest BCUT2D eigenvalue weighted by Gasteiger charge is 2.32. The van der Waals surface area contributed by atoms with Gasteiger partial charge in [-0.2, -0.15) is 0 Å². The molecule has 0 unspecified atom stereocenters. The summed E-state index contributed by atoms with van der Waals surface area (Å²) in [6.07, 6.45) is 5.04. The molecule has 2 aromatic heterocycles. The lowest BCUT2D eigenvalue weighted by atomic mass is 9.94. The number of rotatable bonds is 5. The molecule has 1 aliphatic rings. The average Bonchev–Trinajstić information content (AvgIpc) is 3.05. The average molecular weight is 300 g/mol. The Morgan fingerprint density at radius 1 is 1.41 bits per heavy atom. The highest BCUT2D eigenvalue weighted by atomic mass is 16.5. The molecule has 5 heteroatoms. The largest absolute Gasteiger partial charge is 0.361 e. The van der Waals surface area contributed by atoms with Gasteiger partial charge in [0.2, 0.25) is 0 Å². The maximum Gasteiger partial charge on any atom is 0.138 e. The summed E-state index contributed by atoms with van der Waals surface area (Å²) < 4.78 is 5.22. The van der Waals surface area contributed by atoms with Crippen LogP contribution in [0.15, 0.2) is 29.0 Å². The molecule has 2 aromatic rings. The standard InChI is InChI=1S/C17H24N4O/c1-12-16(13(2)22-20-12)11-19-10-15-6-8-21(3)17(15)14-5-4-7-18-9-14/h4-5,7,9,15,17,19H,6,8,10-11H2,1-3H3/t15-,17-/m0/s1. The molecule has 3 rings (SSSR count). The maximum absolute atomic E-state index is 5.22. The molecule has 0 aliphatic carbocycles. The molecule has 0 radical (unpaired) electrons. The van der Waals surface area contributed by atoms with Crippen molar-refractivity contribution >= 4 is 0 Å². The number of hydrogen-bond acceptors (Lipinski definition) is 5. The molecule has 1 fully saturated rings. The molecule has 1 N–H and O–H groups in total. The molecule has 1 aliphatic heterocycles. The van der Waals surface area contributed by atoms with Gasteiger partial charge in [0.1, 0.15) is 5.76 Å². The van der Waals surface area contributed by atoms with Gasteiger partial charge < -0.3 is 9.84 Å². The van der Waals surface area contributed by atoms with E-state index < -0.39 is 0 Å². The van der Waals surface area contributed by atoms with Crippen LogP contribution in [-0.2, 0) is 6.54 Å². The van der Waals surface area contributed by atoms with Gasteiger partial charge in [0.15, 0.2) is 0 Å². The lowest BCUT2D eigenvalue weighted by Gasteiger charge is -2.25. The zero-order valence-corrected chi connectivity index (χ0v) is 13.5. The molecule has 0 aromatic carbocycles. The predicted molar refractivity (Wildman–Crippen MR) is 85.4 cm³/mol. The van der Waals surface area contributed by atoms with Crippen molar-refractivity contribution in [3.05, 3.63) is 47.1 Å². The van der Waals surface area contributed by atoms with Gasteiger partial charge in [-0.05, 0) is 51.4 Å². The van der Waals surface area contributed by atoms with Crippen molar-refractivity contribution in [1.29, 1.82) is 0 Å². The third-order valence-electron chi connectivity index (χ3n) is 4.69. The molecule has 1 saturated heterocycles. The Morgan fingerprint density at radius 2 is 2.27 bits per heavy atom. The van der Waals surface area contributed by atoms with Gasteiger partial charge in [-0.25, -0.2) is 0 Å². The minimum absolute atomic E-state index is 0.450. The van der Waals surface area contributed by atoms with E-state index in [9.17, 15) is 0 Å². The van der Waals surface area contributed by atoms with Crippen LogP contribution in [0.2, 0.25) is 0 Å². The molecule has 0 amide bonds. The number of nitrogens with zero attached hydrogens (tertiary/aromatic N) is 3. The molecule has 0 bridgehead atoms. The van der Waals surface area contributed by atoms with Crippen molar-refractivity contribution in [3.8, 4) is 0 Å². The molecule has 2 atom stereocenters. The topological polar surface area (TPSA) is 54.2 Å². The Balaban J connectivity index is 1.62. The lowest BCUT2D eigenvalue weighted by Crippen LogP contribution is -2.28. The highest BCUT2D eigenvalue weighted by Crippen LogP contribution is 2.35. The fourth-order valence-electron chi connectivity index (χ4n) is 3.45.